The van der Waals surface area contributed by atoms with Crippen LogP contribution >= 0.6 is 28.4 Å². The summed E-state index contributed by atoms with van der Waals surface area (Å²) in [6.45, 7) is 5.11. The number of rotatable bonds is 4. The number of benzene rings is 2. The van der Waals surface area contributed by atoms with Crippen LogP contribution in [0.4, 0.5) is 21.5 Å². The molecule has 162 valence electrons. The van der Waals surface area contributed by atoms with E-state index in [9.17, 15) is 14.3 Å². The molecule has 1 aromatic heterocycles. The number of fused-ring (bicyclic) bond motifs is 2. The first kappa shape index (κ1) is 20.9. The van der Waals surface area contributed by atoms with E-state index in [1.54, 1.807) is 0 Å². The van der Waals surface area contributed by atoms with Gasteiger partial charge in [0.2, 0.25) is 0 Å². The van der Waals surface area contributed by atoms with Gasteiger partial charge in [-0.05, 0) is 85.1 Å². The zero-order chi connectivity index (χ0) is 21.9. The van der Waals surface area contributed by atoms with Crippen molar-refractivity contribution in [3.63, 3.8) is 0 Å². The standard InChI is InChI=1S/C22H23FIN4O2P/c1-22(2)12-26(17-7-13(8-17)21(29)30)19-10-18-14(11-25-28(18)31-24)9-20(19)27(22)16-5-3-15(23)4-6-16/h3-6,9-11,13,17,31H,7-8,12H2,1-2H3,(H,29,30). The van der Waals surface area contributed by atoms with Crippen molar-refractivity contribution in [2.24, 2.45) is 5.92 Å². The Hall–Kier alpha value is -1.93. The number of aromatic nitrogens is 2. The van der Waals surface area contributed by atoms with Gasteiger partial charge in [-0.15, -0.1) is 0 Å². The van der Waals surface area contributed by atoms with Crippen molar-refractivity contribution < 1.29 is 14.3 Å². The molecule has 0 spiro atoms. The first-order valence-corrected chi connectivity index (χ1v) is 14.3. The van der Waals surface area contributed by atoms with Crippen molar-refractivity contribution in [3.05, 3.63) is 48.4 Å². The largest absolute Gasteiger partial charge is 0.481 e. The van der Waals surface area contributed by atoms with Crippen LogP contribution in [0.25, 0.3) is 10.9 Å². The minimum absolute atomic E-state index is 0.199. The summed E-state index contributed by atoms with van der Waals surface area (Å²) in [6.07, 6.45) is 3.70. The quantitative estimate of drug-likeness (QED) is 0.339. The van der Waals surface area contributed by atoms with Crippen molar-refractivity contribution in [1.29, 1.82) is 0 Å². The minimum Gasteiger partial charge on any atom is -0.481 e. The van der Waals surface area contributed by atoms with Gasteiger partial charge >= 0.3 is 5.97 Å². The highest BCUT2D eigenvalue weighted by atomic mass is 127. The molecule has 0 amide bonds. The fraction of sp³-hybridized carbons (Fsp3) is 0.364. The van der Waals surface area contributed by atoms with Gasteiger partial charge in [-0.3, -0.25) is 4.79 Å². The highest BCUT2D eigenvalue weighted by molar-refractivity contribution is 14.2. The Bertz CT molecular complexity index is 1160. The number of hydrogen-bond donors (Lipinski definition) is 1. The molecule has 1 N–H and O–H groups in total. The summed E-state index contributed by atoms with van der Waals surface area (Å²) >= 11 is 2.33. The van der Waals surface area contributed by atoms with Crippen LogP contribution in [0.15, 0.2) is 42.6 Å². The molecule has 6 nitrogen and oxygen atoms in total. The van der Waals surface area contributed by atoms with Gasteiger partial charge in [0.05, 0.1) is 40.9 Å². The number of carboxylic acids is 1. The average Bonchev–Trinajstić information content (AvgIpc) is 3.08. The fourth-order valence-corrected chi connectivity index (χ4v) is 6.41. The highest BCUT2D eigenvalue weighted by Gasteiger charge is 2.45. The molecule has 3 aromatic rings. The SMILES string of the molecule is CC1(C)CN(C2CC(C(=O)O)C2)c2cc3c(cnn3PI)cc2N1c1ccc(F)cc1. The van der Waals surface area contributed by atoms with Crippen molar-refractivity contribution >= 4 is 62.3 Å². The zero-order valence-electron chi connectivity index (χ0n) is 17.2. The van der Waals surface area contributed by atoms with E-state index in [-0.39, 0.29) is 23.3 Å². The molecule has 31 heavy (non-hydrogen) atoms. The Labute approximate surface area is 194 Å². The summed E-state index contributed by atoms with van der Waals surface area (Å²) < 4.78 is 15.6. The maximum Gasteiger partial charge on any atom is 0.306 e. The Kier molecular flexibility index (Phi) is 5.13. The molecule has 2 aromatic carbocycles. The predicted octanol–water partition coefficient (Wildman–Crippen LogP) is 5.57. The number of nitrogens with zero attached hydrogens (tertiary/aromatic N) is 4. The summed E-state index contributed by atoms with van der Waals surface area (Å²) in [7, 11) is 0. The molecule has 0 bridgehead atoms. The third kappa shape index (κ3) is 3.48. The molecule has 1 aliphatic heterocycles. The van der Waals surface area contributed by atoms with E-state index in [1.165, 1.54) is 12.1 Å². The number of carbonyl (C=O) groups is 1. The van der Waals surface area contributed by atoms with E-state index in [2.05, 4.69) is 62.9 Å². The number of aliphatic carboxylic acids is 1. The Balaban J connectivity index is 1.66. The number of carboxylic acid groups (broad SMARTS) is 1. The number of halogens is 2. The molecular formula is C22H23FIN4O2P. The maximum atomic E-state index is 13.6. The molecule has 2 heterocycles. The van der Waals surface area contributed by atoms with Gasteiger partial charge in [0.15, 0.2) is 0 Å². The summed E-state index contributed by atoms with van der Waals surface area (Å²) in [6, 6.07) is 11.2. The number of anilines is 3. The highest BCUT2D eigenvalue weighted by Crippen LogP contribution is 2.49. The van der Waals surface area contributed by atoms with Gasteiger partial charge in [-0.2, -0.15) is 5.10 Å². The molecule has 9 heteroatoms. The van der Waals surface area contributed by atoms with Crippen molar-refractivity contribution in [1.82, 2.24) is 9.55 Å². The monoisotopic (exact) mass is 552 g/mol. The van der Waals surface area contributed by atoms with Gasteiger partial charge in [0, 0.05) is 23.7 Å². The Morgan fingerprint density at radius 3 is 2.58 bits per heavy atom. The molecule has 1 unspecified atom stereocenters. The lowest BCUT2D eigenvalue weighted by molar-refractivity contribution is -0.145. The third-order valence-corrected chi connectivity index (χ3v) is 8.33. The van der Waals surface area contributed by atoms with Crippen LogP contribution in [-0.4, -0.2) is 38.8 Å². The van der Waals surface area contributed by atoms with E-state index < -0.39 is 5.97 Å². The van der Waals surface area contributed by atoms with Crippen molar-refractivity contribution in [2.45, 2.75) is 38.3 Å². The molecular weight excluding hydrogens is 529 g/mol. The van der Waals surface area contributed by atoms with Crippen LogP contribution in [0.2, 0.25) is 0 Å². The smallest absolute Gasteiger partial charge is 0.306 e. The number of hydrogen-bond acceptors (Lipinski definition) is 4. The van der Waals surface area contributed by atoms with Gasteiger partial charge in [0.25, 0.3) is 0 Å². The van der Waals surface area contributed by atoms with Gasteiger partial charge < -0.3 is 14.9 Å². The molecule has 1 saturated carbocycles. The summed E-state index contributed by atoms with van der Waals surface area (Å²) in [5.41, 5.74) is 3.87. The molecule has 1 fully saturated rings. The van der Waals surface area contributed by atoms with Gasteiger partial charge in [-0.25, -0.2) is 8.84 Å². The molecule has 0 saturated heterocycles. The first-order valence-electron chi connectivity index (χ1n) is 10.2. The lowest BCUT2D eigenvalue weighted by Crippen LogP contribution is -2.59. The first-order chi connectivity index (χ1) is 14.8. The minimum atomic E-state index is -0.708. The van der Waals surface area contributed by atoms with Crippen molar-refractivity contribution in [3.8, 4) is 0 Å². The predicted molar refractivity (Wildman–Crippen MR) is 132 cm³/mol. The molecule has 2 aliphatic rings. The summed E-state index contributed by atoms with van der Waals surface area (Å²) in [5, 5.41) is 15.0. The van der Waals surface area contributed by atoms with Gasteiger partial charge in [0.1, 0.15) is 5.82 Å². The lowest BCUT2D eigenvalue weighted by atomic mass is 9.77. The summed E-state index contributed by atoms with van der Waals surface area (Å²) in [5.74, 6) is -1.23. The molecule has 1 atom stereocenters. The maximum absolute atomic E-state index is 13.6. The Morgan fingerprint density at radius 2 is 1.94 bits per heavy atom. The average molecular weight is 552 g/mol. The normalized spacial score (nSPS) is 22.7. The Morgan fingerprint density at radius 1 is 1.23 bits per heavy atom. The third-order valence-electron chi connectivity index (χ3n) is 6.45. The van der Waals surface area contributed by atoms with Crippen LogP contribution in [0.1, 0.15) is 26.7 Å². The topological polar surface area (TPSA) is 61.6 Å². The van der Waals surface area contributed by atoms with Crippen LogP contribution in [0.5, 0.6) is 0 Å². The molecule has 0 radical (unpaired) electrons. The second-order valence-corrected chi connectivity index (χ2v) is 11.0. The second kappa shape index (κ2) is 7.59. The summed E-state index contributed by atoms with van der Waals surface area (Å²) in [4.78, 5) is 16.1. The van der Waals surface area contributed by atoms with Crippen molar-refractivity contribution in [2.75, 3.05) is 16.3 Å². The fourth-order valence-electron chi connectivity index (χ4n) is 4.87. The van der Waals surface area contributed by atoms with Gasteiger partial charge in [-0.1, -0.05) is 0 Å². The van der Waals surface area contributed by atoms with Crippen LogP contribution in [0.3, 0.4) is 0 Å². The van der Waals surface area contributed by atoms with E-state index in [1.807, 2.05) is 22.8 Å². The molecule has 5 rings (SSSR count). The van der Waals surface area contributed by atoms with Crippen LogP contribution < -0.4 is 9.80 Å². The zero-order valence-corrected chi connectivity index (χ0v) is 20.4. The van der Waals surface area contributed by atoms with E-state index in [4.69, 9.17) is 0 Å². The lowest BCUT2D eigenvalue weighted by Gasteiger charge is -2.54. The van der Waals surface area contributed by atoms with E-state index in [0.717, 1.165) is 34.5 Å². The second-order valence-electron chi connectivity index (χ2n) is 8.95. The molecule has 1 aliphatic carbocycles. The van der Waals surface area contributed by atoms with E-state index >= 15 is 0 Å². The van der Waals surface area contributed by atoms with E-state index in [0.29, 0.717) is 19.2 Å². The van der Waals surface area contributed by atoms with Crippen LogP contribution in [0, 0.1) is 11.7 Å². The van der Waals surface area contributed by atoms with Crippen LogP contribution in [-0.2, 0) is 4.79 Å².